The van der Waals surface area contributed by atoms with Crippen molar-refractivity contribution in [3.63, 3.8) is 0 Å². The fourth-order valence-corrected chi connectivity index (χ4v) is 3.31. The van der Waals surface area contributed by atoms with Crippen molar-refractivity contribution in [3.05, 3.63) is 21.9 Å². The Morgan fingerprint density at radius 2 is 2.38 bits per heavy atom. The van der Waals surface area contributed by atoms with Gasteiger partial charge in [0.1, 0.15) is 0 Å². The Labute approximate surface area is 102 Å². The van der Waals surface area contributed by atoms with Gasteiger partial charge in [0.05, 0.1) is 0 Å². The predicted molar refractivity (Wildman–Crippen MR) is 71.0 cm³/mol. The highest BCUT2D eigenvalue weighted by atomic mass is 32.1. The number of rotatable bonds is 5. The van der Waals surface area contributed by atoms with Crippen molar-refractivity contribution in [2.24, 2.45) is 0 Å². The van der Waals surface area contributed by atoms with Crippen LogP contribution in [-0.2, 0) is 6.54 Å². The van der Waals surface area contributed by atoms with Crippen LogP contribution in [0.1, 0.15) is 35.9 Å². The molecule has 1 atom stereocenters. The summed E-state index contributed by atoms with van der Waals surface area (Å²) in [5, 5.41) is 7.25. The number of aryl methyl sites for hydroxylation is 1. The highest BCUT2D eigenvalue weighted by Gasteiger charge is 2.30. The lowest BCUT2D eigenvalue weighted by atomic mass is 9.94. The maximum Gasteiger partial charge on any atom is 0.0304 e. The topological polar surface area (TPSA) is 24.1 Å². The van der Waals surface area contributed by atoms with Gasteiger partial charge in [-0.2, -0.15) is 0 Å². The van der Waals surface area contributed by atoms with Crippen LogP contribution in [0.5, 0.6) is 0 Å². The second-order valence-electron chi connectivity index (χ2n) is 4.78. The number of thiophene rings is 1. The van der Waals surface area contributed by atoms with Crippen molar-refractivity contribution in [1.29, 1.82) is 0 Å². The Hall–Kier alpha value is -0.380. The van der Waals surface area contributed by atoms with E-state index < -0.39 is 0 Å². The van der Waals surface area contributed by atoms with Gasteiger partial charge in [-0.25, -0.2) is 0 Å². The molecular formula is C13H22N2S. The number of hydrogen-bond acceptors (Lipinski definition) is 3. The van der Waals surface area contributed by atoms with Gasteiger partial charge >= 0.3 is 0 Å². The molecular weight excluding hydrogens is 216 g/mol. The van der Waals surface area contributed by atoms with Crippen molar-refractivity contribution >= 4 is 11.3 Å². The van der Waals surface area contributed by atoms with Crippen LogP contribution in [0, 0.1) is 6.92 Å². The molecule has 16 heavy (non-hydrogen) atoms. The van der Waals surface area contributed by atoms with Crippen molar-refractivity contribution in [1.82, 2.24) is 10.6 Å². The average Bonchev–Trinajstić information content (AvgIpc) is 2.89. The summed E-state index contributed by atoms with van der Waals surface area (Å²) in [5.41, 5.74) is 0.367. The molecule has 90 valence electrons. The Morgan fingerprint density at radius 3 is 2.94 bits per heavy atom. The molecule has 3 heteroatoms. The highest BCUT2D eigenvalue weighted by Crippen LogP contribution is 2.22. The summed E-state index contributed by atoms with van der Waals surface area (Å²) >= 11 is 1.89. The number of nitrogens with one attached hydrogen (secondary N) is 2. The van der Waals surface area contributed by atoms with Gasteiger partial charge < -0.3 is 10.6 Å². The molecule has 0 saturated carbocycles. The first-order chi connectivity index (χ1) is 7.74. The van der Waals surface area contributed by atoms with E-state index in [1.54, 1.807) is 0 Å². The van der Waals surface area contributed by atoms with Crippen molar-refractivity contribution < 1.29 is 0 Å². The van der Waals surface area contributed by atoms with Gasteiger partial charge in [-0.15, -0.1) is 11.3 Å². The van der Waals surface area contributed by atoms with E-state index in [0.29, 0.717) is 5.54 Å². The van der Waals surface area contributed by atoms with Gasteiger partial charge in [0.2, 0.25) is 0 Å². The van der Waals surface area contributed by atoms with E-state index in [4.69, 9.17) is 0 Å². The van der Waals surface area contributed by atoms with E-state index in [0.717, 1.165) is 13.1 Å². The second-order valence-corrected chi connectivity index (χ2v) is 6.15. The lowest BCUT2D eigenvalue weighted by Gasteiger charge is -2.28. The molecule has 1 fully saturated rings. The predicted octanol–water partition coefficient (Wildman–Crippen LogP) is 2.68. The van der Waals surface area contributed by atoms with Gasteiger partial charge in [0, 0.05) is 28.4 Å². The van der Waals surface area contributed by atoms with Crippen LogP contribution in [0.4, 0.5) is 0 Å². The minimum absolute atomic E-state index is 0.367. The molecule has 0 aromatic carbocycles. The lowest BCUT2D eigenvalue weighted by Crippen LogP contribution is -2.47. The van der Waals surface area contributed by atoms with Crippen LogP contribution in [0.15, 0.2) is 12.1 Å². The Balaban J connectivity index is 1.78. The van der Waals surface area contributed by atoms with Gasteiger partial charge in [-0.05, 0) is 44.9 Å². The van der Waals surface area contributed by atoms with Gasteiger partial charge in [-0.1, -0.05) is 6.92 Å². The van der Waals surface area contributed by atoms with E-state index in [1.165, 1.54) is 35.6 Å². The van der Waals surface area contributed by atoms with Gasteiger partial charge in [0.15, 0.2) is 0 Å². The van der Waals surface area contributed by atoms with Crippen molar-refractivity contribution in [2.75, 3.05) is 13.1 Å². The first-order valence-electron chi connectivity index (χ1n) is 6.25. The highest BCUT2D eigenvalue weighted by molar-refractivity contribution is 7.11. The summed E-state index contributed by atoms with van der Waals surface area (Å²) in [4.78, 5) is 2.85. The Kier molecular flexibility index (Phi) is 4.00. The minimum atomic E-state index is 0.367. The first-order valence-corrected chi connectivity index (χ1v) is 7.07. The van der Waals surface area contributed by atoms with E-state index in [9.17, 15) is 0 Å². The van der Waals surface area contributed by atoms with Crippen molar-refractivity contribution in [2.45, 2.75) is 45.2 Å². The average molecular weight is 238 g/mol. The summed E-state index contributed by atoms with van der Waals surface area (Å²) in [5.74, 6) is 0. The minimum Gasteiger partial charge on any atom is -0.310 e. The molecule has 1 unspecified atom stereocenters. The molecule has 0 amide bonds. The van der Waals surface area contributed by atoms with E-state index in [2.05, 4.69) is 36.6 Å². The quantitative estimate of drug-likeness (QED) is 0.824. The smallest absolute Gasteiger partial charge is 0.0304 e. The molecule has 0 radical (unpaired) electrons. The maximum absolute atomic E-state index is 3.65. The lowest BCUT2D eigenvalue weighted by molar-refractivity contribution is 0.340. The number of hydrogen-bond donors (Lipinski definition) is 2. The molecule has 2 heterocycles. The maximum atomic E-state index is 3.65. The molecule has 0 aliphatic carbocycles. The van der Waals surface area contributed by atoms with Crippen LogP contribution in [-0.4, -0.2) is 18.6 Å². The molecule has 1 saturated heterocycles. The van der Waals surface area contributed by atoms with Crippen LogP contribution >= 0.6 is 11.3 Å². The third kappa shape index (κ3) is 2.84. The molecule has 2 rings (SSSR count). The van der Waals surface area contributed by atoms with Gasteiger partial charge in [0.25, 0.3) is 0 Å². The zero-order valence-corrected chi connectivity index (χ0v) is 11.1. The normalized spacial score (nSPS) is 25.1. The largest absolute Gasteiger partial charge is 0.310 e. The van der Waals surface area contributed by atoms with Gasteiger partial charge in [-0.3, -0.25) is 0 Å². The molecule has 1 aromatic rings. The Bertz CT molecular complexity index is 326. The molecule has 2 N–H and O–H groups in total. The summed E-state index contributed by atoms with van der Waals surface area (Å²) in [6.45, 7) is 7.76. The fraction of sp³-hybridized carbons (Fsp3) is 0.692. The van der Waals surface area contributed by atoms with E-state index >= 15 is 0 Å². The summed E-state index contributed by atoms with van der Waals surface area (Å²) < 4.78 is 0. The third-order valence-electron chi connectivity index (χ3n) is 3.57. The van der Waals surface area contributed by atoms with Crippen LogP contribution in [0.2, 0.25) is 0 Å². The monoisotopic (exact) mass is 238 g/mol. The standard InChI is InChI=1S/C13H22N2S/c1-3-13(7-4-8-15-13)10-14-9-12-6-5-11(2)16-12/h5-6,14-15H,3-4,7-10H2,1-2H3. The third-order valence-corrected chi connectivity index (χ3v) is 4.57. The molecule has 0 bridgehead atoms. The molecule has 2 nitrogen and oxygen atoms in total. The zero-order chi connectivity index (χ0) is 11.4. The van der Waals surface area contributed by atoms with E-state index in [1.807, 2.05) is 11.3 Å². The zero-order valence-electron chi connectivity index (χ0n) is 10.3. The SMILES string of the molecule is CCC1(CNCc2ccc(C)s2)CCCN1. The second kappa shape index (κ2) is 5.30. The molecule has 0 spiro atoms. The fourth-order valence-electron chi connectivity index (χ4n) is 2.45. The summed E-state index contributed by atoms with van der Waals surface area (Å²) in [7, 11) is 0. The van der Waals surface area contributed by atoms with Crippen LogP contribution in [0.25, 0.3) is 0 Å². The Morgan fingerprint density at radius 1 is 1.50 bits per heavy atom. The molecule has 1 aliphatic heterocycles. The van der Waals surface area contributed by atoms with Crippen molar-refractivity contribution in [3.8, 4) is 0 Å². The molecule has 1 aromatic heterocycles. The van der Waals surface area contributed by atoms with Crippen LogP contribution < -0.4 is 10.6 Å². The molecule has 1 aliphatic rings. The summed E-state index contributed by atoms with van der Waals surface area (Å²) in [6.07, 6.45) is 3.87. The van der Waals surface area contributed by atoms with E-state index in [-0.39, 0.29) is 0 Å². The van der Waals surface area contributed by atoms with Crippen LogP contribution in [0.3, 0.4) is 0 Å². The first kappa shape index (κ1) is 12.1. The summed E-state index contributed by atoms with van der Waals surface area (Å²) in [6, 6.07) is 4.43.